The van der Waals surface area contributed by atoms with Gasteiger partial charge < -0.3 is 15.2 Å². The number of hydrogen-bond donors (Lipinski definition) is 1. The Morgan fingerprint density at radius 3 is 2.72 bits per heavy atom. The number of likely N-dealkylation sites (N-methyl/N-ethyl adjacent to an activating group) is 1. The lowest BCUT2D eigenvalue weighted by atomic mass is 9.69. The summed E-state index contributed by atoms with van der Waals surface area (Å²) in [5.41, 5.74) is 7.72. The van der Waals surface area contributed by atoms with Gasteiger partial charge in [-0.25, -0.2) is 4.99 Å². The van der Waals surface area contributed by atoms with Crippen molar-refractivity contribution in [3.05, 3.63) is 83.4 Å². The van der Waals surface area contributed by atoms with Crippen LogP contribution in [0, 0.1) is 0 Å². The average Bonchev–Trinajstić information content (AvgIpc) is 3.09. The first-order valence-corrected chi connectivity index (χ1v) is 10.9. The Kier molecular flexibility index (Phi) is 4.90. The van der Waals surface area contributed by atoms with E-state index in [-0.39, 0.29) is 11.9 Å². The smallest absolute Gasteiger partial charge is 0.265 e. The molecule has 2 N–H and O–H groups in total. The van der Waals surface area contributed by atoms with Gasteiger partial charge >= 0.3 is 0 Å². The van der Waals surface area contributed by atoms with E-state index in [4.69, 9.17) is 20.2 Å². The highest BCUT2D eigenvalue weighted by molar-refractivity contribution is 6.08. The number of carbonyl (C=O) groups is 1. The first-order chi connectivity index (χ1) is 15.5. The maximum absolute atomic E-state index is 13.9. The molecule has 164 valence electrons. The van der Waals surface area contributed by atoms with Gasteiger partial charge in [-0.15, -0.1) is 0 Å². The second-order valence-electron chi connectivity index (χ2n) is 8.48. The van der Waals surface area contributed by atoms with E-state index in [0.717, 1.165) is 40.9 Å². The number of nitrogens with two attached hydrogens (primary N) is 1. The van der Waals surface area contributed by atoms with E-state index in [2.05, 4.69) is 6.08 Å². The minimum Gasteiger partial charge on any atom is -0.493 e. The Morgan fingerprint density at radius 2 is 2.00 bits per heavy atom. The summed E-state index contributed by atoms with van der Waals surface area (Å²) < 4.78 is 12.0. The summed E-state index contributed by atoms with van der Waals surface area (Å²) in [6, 6.07) is 16.0. The van der Waals surface area contributed by atoms with E-state index in [9.17, 15) is 4.79 Å². The number of benzene rings is 2. The number of aliphatic imine (C=N–C) groups is 1. The molecule has 0 spiro atoms. The van der Waals surface area contributed by atoms with E-state index in [1.165, 1.54) is 4.90 Å². The van der Waals surface area contributed by atoms with Crippen molar-refractivity contribution in [1.82, 2.24) is 4.90 Å². The van der Waals surface area contributed by atoms with Crippen molar-refractivity contribution in [2.75, 3.05) is 20.8 Å². The predicted molar refractivity (Wildman–Crippen MR) is 124 cm³/mol. The van der Waals surface area contributed by atoms with Crippen LogP contribution in [-0.2, 0) is 21.5 Å². The third-order valence-corrected chi connectivity index (χ3v) is 6.76. The molecule has 2 atom stereocenters. The zero-order valence-corrected chi connectivity index (χ0v) is 18.4. The van der Waals surface area contributed by atoms with Crippen LogP contribution in [0.15, 0.2) is 71.8 Å². The number of hydrogen-bond acceptors (Lipinski definition) is 5. The van der Waals surface area contributed by atoms with Crippen LogP contribution in [0.4, 0.5) is 0 Å². The van der Waals surface area contributed by atoms with E-state index in [1.54, 1.807) is 14.2 Å². The van der Waals surface area contributed by atoms with Crippen LogP contribution in [0.25, 0.3) is 5.57 Å². The van der Waals surface area contributed by atoms with Gasteiger partial charge in [0.25, 0.3) is 5.91 Å². The Bertz CT molecular complexity index is 1150. The fourth-order valence-corrected chi connectivity index (χ4v) is 5.01. The largest absolute Gasteiger partial charge is 0.493 e. The molecule has 5 rings (SSSR count). The highest BCUT2D eigenvalue weighted by atomic mass is 16.5. The molecule has 0 saturated carbocycles. The second-order valence-corrected chi connectivity index (χ2v) is 8.48. The van der Waals surface area contributed by atoms with Crippen molar-refractivity contribution in [1.29, 1.82) is 0 Å². The van der Waals surface area contributed by atoms with Gasteiger partial charge in [-0.05, 0) is 53.3 Å². The summed E-state index contributed by atoms with van der Waals surface area (Å²) in [4.78, 5) is 20.1. The Morgan fingerprint density at radius 1 is 1.19 bits per heavy atom. The van der Waals surface area contributed by atoms with Crippen molar-refractivity contribution in [2.45, 2.75) is 30.4 Å². The molecule has 2 heterocycles. The number of carbonyl (C=O) groups excluding carboxylic acids is 1. The quantitative estimate of drug-likeness (QED) is 0.808. The molecule has 0 fully saturated rings. The van der Waals surface area contributed by atoms with Gasteiger partial charge in [-0.2, -0.15) is 0 Å². The summed E-state index contributed by atoms with van der Waals surface area (Å²) in [5.74, 6) is 0.846. The SMILES string of the molecule is CO[C@@]1(C2(c3ccc4c(c3)CCCO4)N=C(N)N(C)C2=O)C=C(c2ccccc2)C=CC1. The molecule has 0 radical (unpaired) electrons. The molecule has 1 aliphatic carbocycles. The minimum absolute atomic E-state index is 0.185. The topological polar surface area (TPSA) is 77.2 Å². The molecule has 6 heteroatoms. The molecule has 2 aliphatic heterocycles. The van der Waals surface area contributed by atoms with Crippen LogP contribution in [0.2, 0.25) is 0 Å². The standard InChI is InChI=1S/C26H27N3O3/c1-29-23(30)26(28-24(29)27,21-12-13-22-19(16-21)11-7-15-32-22)25(31-2)14-6-10-20(17-25)18-8-4-3-5-9-18/h3-6,8-10,12-13,16-17H,7,11,14-15H2,1-2H3,(H2,27,28)/t25-,26?/m1/s1. The number of methoxy groups -OCH3 is 1. The molecule has 1 unspecified atom stereocenters. The maximum Gasteiger partial charge on any atom is 0.265 e. The van der Waals surface area contributed by atoms with Crippen LogP contribution in [0.1, 0.15) is 29.5 Å². The molecule has 0 aromatic heterocycles. The lowest BCUT2D eigenvalue weighted by Crippen LogP contribution is -2.56. The number of allylic oxidation sites excluding steroid dienone is 2. The molecule has 3 aliphatic rings. The third kappa shape index (κ3) is 2.90. The minimum atomic E-state index is -1.34. The summed E-state index contributed by atoms with van der Waals surface area (Å²) in [7, 11) is 3.30. The Hall–Kier alpha value is -3.38. The van der Waals surface area contributed by atoms with Crippen LogP contribution in [0.5, 0.6) is 5.75 Å². The number of nitrogens with zero attached hydrogens (tertiary/aromatic N) is 2. The van der Waals surface area contributed by atoms with E-state index in [1.807, 2.05) is 60.7 Å². The van der Waals surface area contributed by atoms with Crippen molar-refractivity contribution in [2.24, 2.45) is 10.7 Å². The number of guanidine groups is 1. The molecule has 6 nitrogen and oxygen atoms in total. The maximum atomic E-state index is 13.9. The average molecular weight is 430 g/mol. The van der Waals surface area contributed by atoms with Crippen molar-refractivity contribution < 1.29 is 14.3 Å². The fourth-order valence-electron chi connectivity index (χ4n) is 5.01. The molecule has 1 amide bonds. The summed E-state index contributed by atoms with van der Waals surface area (Å²) in [5, 5.41) is 0. The zero-order chi connectivity index (χ0) is 22.3. The van der Waals surface area contributed by atoms with Crippen molar-refractivity contribution >= 4 is 17.4 Å². The zero-order valence-electron chi connectivity index (χ0n) is 18.4. The lowest BCUT2D eigenvalue weighted by Gasteiger charge is -2.44. The third-order valence-electron chi connectivity index (χ3n) is 6.76. The van der Waals surface area contributed by atoms with Crippen LogP contribution in [-0.4, -0.2) is 43.1 Å². The van der Waals surface area contributed by atoms with Crippen LogP contribution in [0.3, 0.4) is 0 Å². The van der Waals surface area contributed by atoms with Gasteiger partial charge in [0.15, 0.2) is 5.96 Å². The number of ether oxygens (including phenoxy) is 2. The summed E-state index contributed by atoms with van der Waals surface area (Å²) in [6.45, 7) is 0.709. The predicted octanol–water partition coefficient (Wildman–Crippen LogP) is 3.42. The van der Waals surface area contributed by atoms with Gasteiger partial charge in [0.2, 0.25) is 5.54 Å². The first-order valence-electron chi connectivity index (χ1n) is 10.9. The van der Waals surface area contributed by atoms with Gasteiger partial charge in [-0.1, -0.05) is 48.6 Å². The summed E-state index contributed by atoms with van der Waals surface area (Å²) in [6.07, 6.45) is 8.48. The molecule has 0 saturated heterocycles. The fraction of sp³-hybridized carbons (Fsp3) is 0.308. The Balaban J connectivity index is 1.73. The van der Waals surface area contributed by atoms with Crippen molar-refractivity contribution in [3.63, 3.8) is 0 Å². The molecule has 0 bridgehead atoms. The van der Waals surface area contributed by atoms with Crippen LogP contribution < -0.4 is 10.5 Å². The van der Waals surface area contributed by atoms with Crippen molar-refractivity contribution in [3.8, 4) is 5.75 Å². The molecule has 32 heavy (non-hydrogen) atoms. The molecular formula is C26H27N3O3. The number of fused-ring (bicyclic) bond motifs is 1. The van der Waals surface area contributed by atoms with Gasteiger partial charge in [0.1, 0.15) is 11.4 Å². The molecule has 2 aromatic rings. The molecular weight excluding hydrogens is 402 g/mol. The normalized spacial score (nSPS) is 26.9. The van der Waals surface area contributed by atoms with Crippen LogP contribution >= 0.6 is 0 Å². The first kappa shape index (κ1) is 20.5. The van der Waals surface area contributed by atoms with E-state index in [0.29, 0.717) is 13.0 Å². The summed E-state index contributed by atoms with van der Waals surface area (Å²) >= 11 is 0. The highest BCUT2D eigenvalue weighted by Crippen LogP contribution is 2.50. The number of aryl methyl sites for hydroxylation is 1. The number of rotatable bonds is 4. The highest BCUT2D eigenvalue weighted by Gasteiger charge is 2.62. The molecule has 2 aromatic carbocycles. The van der Waals surface area contributed by atoms with Gasteiger partial charge in [0, 0.05) is 20.6 Å². The lowest BCUT2D eigenvalue weighted by molar-refractivity contribution is -0.140. The number of amides is 1. The van der Waals surface area contributed by atoms with Gasteiger partial charge in [-0.3, -0.25) is 9.69 Å². The Labute approximate surface area is 188 Å². The monoisotopic (exact) mass is 429 g/mol. The van der Waals surface area contributed by atoms with Gasteiger partial charge in [0.05, 0.1) is 6.61 Å². The second kappa shape index (κ2) is 7.64. The van der Waals surface area contributed by atoms with E-state index >= 15 is 0 Å². The van der Waals surface area contributed by atoms with E-state index < -0.39 is 11.1 Å².